The van der Waals surface area contributed by atoms with E-state index in [4.69, 9.17) is 14.0 Å². The van der Waals surface area contributed by atoms with Crippen LogP contribution in [-0.4, -0.2) is 42.8 Å². The molecule has 1 aromatic heterocycles. The Morgan fingerprint density at radius 1 is 1.23 bits per heavy atom. The second kappa shape index (κ2) is 8.25. The van der Waals surface area contributed by atoms with Crippen LogP contribution in [0, 0.1) is 0 Å². The maximum Gasteiger partial charge on any atom is 0.228 e. The van der Waals surface area contributed by atoms with E-state index >= 15 is 0 Å². The first kappa shape index (κ1) is 18.3. The fraction of sp³-hybridized carbons (Fsp3) is 0.500. The second-order valence-electron chi connectivity index (χ2n) is 6.57. The molecule has 1 atom stereocenters. The Hall–Kier alpha value is -2.50. The fourth-order valence-corrected chi connectivity index (χ4v) is 3.53. The SMILES string of the molecule is CCC1CCCCN1C(=O)Cc1cc(-c2ccc(OC)c(OC)c2)on1. The molecule has 0 saturated carbocycles. The summed E-state index contributed by atoms with van der Waals surface area (Å²) in [6.45, 7) is 2.99. The summed E-state index contributed by atoms with van der Waals surface area (Å²) in [5.41, 5.74) is 1.48. The van der Waals surface area contributed by atoms with Crippen molar-refractivity contribution >= 4 is 5.91 Å². The van der Waals surface area contributed by atoms with Crippen LogP contribution in [0.3, 0.4) is 0 Å². The van der Waals surface area contributed by atoms with Crippen molar-refractivity contribution in [2.75, 3.05) is 20.8 Å². The summed E-state index contributed by atoms with van der Waals surface area (Å²) in [6.07, 6.45) is 4.65. The van der Waals surface area contributed by atoms with Gasteiger partial charge in [-0.1, -0.05) is 12.1 Å². The van der Waals surface area contributed by atoms with Gasteiger partial charge in [-0.15, -0.1) is 0 Å². The molecule has 6 nitrogen and oxygen atoms in total. The summed E-state index contributed by atoms with van der Waals surface area (Å²) >= 11 is 0. The molecule has 1 aliphatic heterocycles. The van der Waals surface area contributed by atoms with Gasteiger partial charge in [0.1, 0.15) is 0 Å². The standard InChI is InChI=1S/C20H26N2O4/c1-4-16-7-5-6-10-22(16)20(23)13-15-12-18(26-21-15)14-8-9-17(24-2)19(11-14)25-3/h8-9,11-12,16H,4-7,10,13H2,1-3H3. The summed E-state index contributed by atoms with van der Waals surface area (Å²) in [5, 5.41) is 4.08. The van der Waals surface area contributed by atoms with Crippen molar-refractivity contribution in [2.24, 2.45) is 0 Å². The second-order valence-corrected chi connectivity index (χ2v) is 6.57. The van der Waals surface area contributed by atoms with Gasteiger partial charge in [-0.3, -0.25) is 4.79 Å². The maximum absolute atomic E-state index is 12.7. The van der Waals surface area contributed by atoms with Gasteiger partial charge in [-0.2, -0.15) is 0 Å². The number of carbonyl (C=O) groups excluding carboxylic acids is 1. The molecular formula is C20H26N2O4. The first-order valence-corrected chi connectivity index (χ1v) is 9.13. The molecule has 6 heteroatoms. The monoisotopic (exact) mass is 358 g/mol. The lowest BCUT2D eigenvalue weighted by molar-refractivity contribution is -0.134. The van der Waals surface area contributed by atoms with Gasteiger partial charge >= 0.3 is 0 Å². The molecule has 1 aromatic carbocycles. The predicted molar refractivity (Wildman–Crippen MR) is 98.4 cm³/mol. The topological polar surface area (TPSA) is 64.8 Å². The van der Waals surface area contributed by atoms with Crippen molar-refractivity contribution in [2.45, 2.75) is 45.1 Å². The number of aromatic nitrogens is 1. The van der Waals surface area contributed by atoms with Crippen LogP contribution in [-0.2, 0) is 11.2 Å². The van der Waals surface area contributed by atoms with E-state index < -0.39 is 0 Å². The van der Waals surface area contributed by atoms with Gasteiger partial charge in [0, 0.05) is 24.2 Å². The highest BCUT2D eigenvalue weighted by Gasteiger charge is 2.26. The first-order chi connectivity index (χ1) is 12.7. The van der Waals surface area contributed by atoms with Crippen molar-refractivity contribution in [1.82, 2.24) is 10.1 Å². The van der Waals surface area contributed by atoms with Crippen molar-refractivity contribution in [3.05, 3.63) is 30.0 Å². The summed E-state index contributed by atoms with van der Waals surface area (Å²) in [6, 6.07) is 7.72. The molecule has 1 aliphatic rings. The van der Waals surface area contributed by atoms with Crippen LogP contribution < -0.4 is 9.47 Å². The molecule has 2 aromatic rings. The number of hydrogen-bond donors (Lipinski definition) is 0. The number of methoxy groups -OCH3 is 2. The molecule has 1 saturated heterocycles. The predicted octanol–water partition coefficient (Wildman–Crippen LogP) is 3.69. The minimum Gasteiger partial charge on any atom is -0.493 e. The van der Waals surface area contributed by atoms with Crippen molar-refractivity contribution in [3.63, 3.8) is 0 Å². The van der Waals surface area contributed by atoms with E-state index in [2.05, 4.69) is 12.1 Å². The Bertz CT molecular complexity index is 756. The Morgan fingerprint density at radius 2 is 2.04 bits per heavy atom. The van der Waals surface area contributed by atoms with Crippen LogP contribution in [0.15, 0.2) is 28.8 Å². The third-order valence-electron chi connectivity index (χ3n) is 4.98. The summed E-state index contributed by atoms with van der Waals surface area (Å²) < 4.78 is 16.0. The van der Waals surface area contributed by atoms with E-state index in [1.165, 1.54) is 6.42 Å². The molecule has 1 fully saturated rings. The van der Waals surface area contributed by atoms with E-state index in [1.807, 2.05) is 29.2 Å². The zero-order valence-corrected chi connectivity index (χ0v) is 15.7. The number of ether oxygens (including phenoxy) is 2. The quantitative estimate of drug-likeness (QED) is 0.788. The van der Waals surface area contributed by atoms with E-state index in [0.29, 0.717) is 29.0 Å². The molecule has 0 N–H and O–H groups in total. The Balaban J connectivity index is 1.72. The van der Waals surface area contributed by atoms with Gasteiger partial charge in [0.15, 0.2) is 17.3 Å². The van der Waals surface area contributed by atoms with Gasteiger partial charge in [-0.05, 0) is 43.9 Å². The number of likely N-dealkylation sites (tertiary alicyclic amines) is 1. The van der Waals surface area contributed by atoms with Crippen molar-refractivity contribution < 1.29 is 18.8 Å². The van der Waals surface area contributed by atoms with Gasteiger partial charge in [0.25, 0.3) is 0 Å². The lowest BCUT2D eigenvalue weighted by Crippen LogP contribution is -2.44. The van der Waals surface area contributed by atoms with Crippen molar-refractivity contribution in [1.29, 1.82) is 0 Å². The average molecular weight is 358 g/mol. The normalized spacial score (nSPS) is 17.2. The molecular weight excluding hydrogens is 332 g/mol. The zero-order valence-electron chi connectivity index (χ0n) is 15.7. The number of amides is 1. The Kier molecular flexibility index (Phi) is 5.81. The van der Waals surface area contributed by atoms with Crippen LogP contribution in [0.4, 0.5) is 0 Å². The molecule has 2 heterocycles. The van der Waals surface area contributed by atoms with E-state index in [0.717, 1.165) is 31.4 Å². The number of hydrogen-bond acceptors (Lipinski definition) is 5. The van der Waals surface area contributed by atoms with Crippen LogP contribution in [0.5, 0.6) is 11.5 Å². The third-order valence-corrected chi connectivity index (χ3v) is 4.98. The lowest BCUT2D eigenvalue weighted by Gasteiger charge is -2.35. The molecule has 1 amide bonds. The molecule has 140 valence electrons. The van der Waals surface area contributed by atoms with E-state index in [-0.39, 0.29) is 12.3 Å². The first-order valence-electron chi connectivity index (χ1n) is 9.13. The summed E-state index contributed by atoms with van der Waals surface area (Å²) in [4.78, 5) is 14.7. The van der Waals surface area contributed by atoms with E-state index in [1.54, 1.807) is 14.2 Å². The van der Waals surface area contributed by atoms with Gasteiger partial charge in [-0.25, -0.2) is 0 Å². The summed E-state index contributed by atoms with van der Waals surface area (Å²) in [7, 11) is 3.19. The fourth-order valence-electron chi connectivity index (χ4n) is 3.53. The summed E-state index contributed by atoms with van der Waals surface area (Å²) in [5.74, 6) is 2.02. The van der Waals surface area contributed by atoms with Crippen molar-refractivity contribution in [3.8, 4) is 22.8 Å². The molecule has 0 aliphatic carbocycles. The Labute approximate surface area is 154 Å². The van der Waals surface area contributed by atoms with Crippen LogP contribution in [0.1, 0.15) is 38.3 Å². The number of piperidine rings is 1. The highest BCUT2D eigenvalue weighted by Crippen LogP contribution is 2.32. The molecule has 3 rings (SSSR count). The third kappa shape index (κ3) is 3.84. The molecule has 1 unspecified atom stereocenters. The average Bonchev–Trinajstić information content (AvgIpc) is 3.15. The van der Waals surface area contributed by atoms with Gasteiger partial charge in [0.05, 0.1) is 26.3 Å². The molecule has 0 radical (unpaired) electrons. The minimum absolute atomic E-state index is 0.128. The van der Waals surface area contributed by atoms with Gasteiger partial charge in [0.2, 0.25) is 5.91 Å². The highest BCUT2D eigenvalue weighted by molar-refractivity contribution is 5.79. The number of nitrogens with zero attached hydrogens (tertiary/aromatic N) is 2. The van der Waals surface area contributed by atoms with Crippen LogP contribution in [0.2, 0.25) is 0 Å². The molecule has 0 bridgehead atoms. The van der Waals surface area contributed by atoms with Crippen LogP contribution >= 0.6 is 0 Å². The smallest absolute Gasteiger partial charge is 0.228 e. The number of carbonyl (C=O) groups is 1. The number of rotatable bonds is 6. The van der Waals surface area contributed by atoms with Gasteiger partial charge < -0.3 is 18.9 Å². The maximum atomic E-state index is 12.7. The zero-order chi connectivity index (χ0) is 18.5. The highest BCUT2D eigenvalue weighted by atomic mass is 16.5. The van der Waals surface area contributed by atoms with Crippen LogP contribution in [0.25, 0.3) is 11.3 Å². The van der Waals surface area contributed by atoms with E-state index in [9.17, 15) is 4.79 Å². The molecule has 0 spiro atoms. The largest absolute Gasteiger partial charge is 0.493 e. The lowest BCUT2D eigenvalue weighted by atomic mass is 9.99. The Morgan fingerprint density at radius 3 is 2.77 bits per heavy atom. The minimum atomic E-state index is 0.128. The number of benzene rings is 1. The molecule has 26 heavy (non-hydrogen) atoms.